The smallest absolute Gasteiger partial charge is 0.200 e. The number of halogens is 20. The maximum Gasteiger partial charge on any atom is 0.200 e. The molecule has 0 unspecified atom stereocenters. The van der Waals surface area contributed by atoms with Crippen molar-refractivity contribution >= 4 is 22.1 Å². The number of rotatable bonds is 4. The van der Waals surface area contributed by atoms with E-state index in [1.54, 1.807) is 0 Å². The molecule has 26 heteroatoms. The van der Waals surface area contributed by atoms with Crippen LogP contribution >= 0.6 is 0 Å². The van der Waals surface area contributed by atoms with Gasteiger partial charge in [-0.1, -0.05) is 0 Å². The van der Waals surface area contributed by atoms with Gasteiger partial charge in [-0.15, -0.1) is 0 Å². The highest BCUT2D eigenvalue weighted by molar-refractivity contribution is 5.97. The molecule has 4 atom stereocenters. The fourth-order valence-electron chi connectivity index (χ4n) is 10.9. The second-order valence-corrected chi connectivity index (χ2v) is 18.5. The van der Waals surface area contributed by atoms with Crippen molar-refractivity contribution in [3.05, 3.63) is 163 Å². The van der Waals surface area contributed by atoms with Crippen molar-refractivity contribution in [1.29, 1.82) is 0 Å². The van der Waals surface area contributed by atoms with Gasteiger partial charge in [0.2, 0.25) is 23.3 Å². The molecule has 0 amide bonds. The molecule has 394 valence electrons. The number of fused-ring (bicyclic) bond motifs is 14. The molecule has 8 bridgehead atoms. The quantitative estimate of drug-likeness (QED) is 0.105. The molecular formula is C50H24F20N6. The average molecular weight is 1090 g/mol. The number of aromatic amines is 2. The molecule has 6 nitrogen and oxygen atoms in total. The van der Waals surface area contributed by atoms with Gasteiger partial charge in [0.15, 0.2) is 93.1 Å². The van der Waals surface area contributed by atoms with Crippen LogP contribution in [0.2, 0.25) is 0 Å². The zero-order valence-electron chi connectivity index (χ0n) is 37.8. The number of hydrogen-bond donors (Lipinski definition) is 2. The first-order valence-corrected chi connectivity index (χ1v) is 22.1. The molecule has 0 saturated carbocycles. The Labute approximate surface area is 410 Å². The first-order chi connectivity index (χ1) is 35.9. The average Bonchev–Trinajstić information content (AvgIpc) is 4.34. The van der Waals surface area contributed by atoms with E-state index >= 15 is 70.2 Å². The minimum Gasteiger partial charge on any atom is -0.354 e. The van der Waals surface area contributed by atoms with Gasteiger partial charge >= 0.3 is 0 Å². The molecule has 11 rings (SSSR count). The van der Waals surface area contributed by atoms with E-state index in [0.717, 1.165) is 12.1 Å². The number of likely N-dealkylation sites (tertiary alicyclic amines) is 2. The van der Waals surface area contributed by atoms with Crippen LogP contribution in [0.4, 0.5) is 87.8 Å². The Morgan fingerprint density at radius 2 is 0.461 bits per heavy atom. The van der Waals surface area contributed by atoms with Crippen molar-refractivity contribution in [3.8, 4) is 44.5 Å². The number of benzene rings is 4. The fourth-order valence-corrected chi connectivity index (χ4v) is 10.9. The number of aromatic nitrogens is 4. The molecule has 4 aliphatic heterocycles. The highest BCUT2D eigenvalue weighted by Gasteiger charge is 2.49. The Kier molecular flexibility index (Phi) is 11.7. The van der Waals surface area contributed by atoms with Crippen molar-refractivity contribution in [2.75, 3.05) is 40.3 Å². The summed E-state index contributed by atoms with van der Waals surface area (Å²) in [5.74, 6) is -57.7. The Morgan fingerprint density at radius 3 is 0.711 bits per heavy atom. The third-order valence-corrected chi connectivity index (χ3v) is 14.2. The van der Waals surface area contributed by atoms with Gasteiger partial charge in [0.1, 0.15) is 0 Å². The molecule has 0 aliphatic carbocycles. The van der Waals surface area contributed by atoms with E-state index in [9.17, 15) is 17.6 Å². The Balaban J connectivity index is 1.48. The maximum absolute atomic E-state index is 16.6. The van der Waals surface area contributed by atoms with E-state index in [0.29, 0.717) is 12.1 Å². The number of hydrogen-bond acceptors (Lipinski definition) is 4. The first kappa shape index (κ1) is 50.7. The summed E-state index contributed by atoms with van der Waals surface area (Å²) in [5, 5.41) is 0. The van der Waals surface area contributed by atoms with Gasteiger partial charge < -0.3 is 19.8 Å². The number of nitrogens with zero attached hydrogens (tertiary/aromatic N) is 4. The van der Waals surface area contributed by atoms with Crippen LogP contribution in [-0.4, -0.2) is 70.0 Å². The summed E-state index contributed by atoms with van der Waals surface area (Å²) in [6.07, 6.45) is 0. The summed E-state index contributed by atoms with van der Waals surface area (Å²) in [6, 6.07) is 2.89. The van der Waals surface area contributed by atoms with Crippen LogP contribution in [0.1, 0.15) is 46.4 Å². The molecule has 7 aromatic rings. The number of likely N-dealkylation sites (N-methyl/N-ethyl adjacent to an activating group) is 2. The van der Waals surface area contributed by atoms with Gasteiger partial charge in [0, 0.05) is 94.2 Å². The maximum atomic E-state index is 16.6. The van der Waals surface area contributed by atoms with Gasteiger partial charge in [-0.3, -0.25) is 9.97 Å². The second kappa shape index (κ2) is 17.5. The predicted octanol–water partition coefficient (Wildman–Crippen LogP) is 13.4. The summed E-state index contributed by atoms with van der Waals surface area (Å²) in [4.78, 5) is 16.6. The minimum atomic E-state index is -2.69. The van der Waals surface area contributed by atoms with Crippen molar-refractivity contribution in [2.45, 2.75) is 23.7 Å². The highest BCUT2D eigenvalue weighted by atomic mass is 19.2. The molecule has 4 aromatic carbocycles. The fraction of sp³-hybridized carbons (Fsp3) is 0.200. The minimum absolute atomic E-state index is 0.366. The molecule has 7 heterocycles. The number of H-pyrrole nitrogens is 2. The van der Waals surface area contributed by atoms with Gasteiger partial charge in [-0.25, -0.2) is 87.8 Å². The zero-order valence-corrected chi connectivity index (χ0v) is 37.8. The lowest BCUT2D eigenvalue weighted by molar-refractivity contribution is 0.380. The van der Waals surface area contributed by atoms with Crippen LogP contribution in [0, 0.1) is 116 Å². The van der Waals surface area contributed by atoms with Crippen molar-refractivity contribution in [3.63, 3.8) is 0 Å². The van der Waals surface area contributed by atoms with E-state index in [2.05, 4.69) is 19.9 Å². The topological polar surface area (TPSA) is 63.8 Å². The molecular weight excluding hydrogens is 1060 g/mol. The predicted molar refractivity (Wildman–Crippen MR) is 228 cm³/mol. The first-order valence-electron chi connectivity index (χ1n) is 22.1. The van der Waals surface area contributed by atoms with Crippen LogP contribution in [0.5, 0.6) is 0 Å². The standard InChI is InChI=1S/C50H24F20N6/c1-75-7-11-13(9-75)49-26(25-33(57)41(65)46(70)42(66)34(25)58)50-14-10-76(2)8-12(14)48(74-50)21(24-31(55)39(63)45(69)40(64)32(24)56)18-6-4-16(72-18)19(22-27(51)35(59)43(67)36(60)28(22)52)15-3-5-17(71-15)20(47(11)73-49)23-29(53)37(61)44(68)38(62)30(23)54/h3-6,11-14,71-72H,7-10H2,1-2H3/t11-,12-,13+,14+/m1/s1. The van der Waals surface area contributed by atoms with E-state index in [4.69, 9.17) is 0 Å². The van der Waals surface area contributed by atoms with Crippen LogP contribution in [-0.2, 0) is 0 Å². The van der Waals surface area contributed by atoms with Crippen LogP contribution in [0.15, 0.2) is 24.3 Å². The third kappa shape index (κ3) is 6.96. The Hall–Kier alpha value is -7.48. The Morgan fingerprint density at radius 1 is 0.276 bits per heavy atom. The van der Waals surface area contributed by atoms with Crippen LogP contribution in [0.3, 0.4) is 0 Å². The van der Waals surface area contributed by atoms with Crippen molar-refractivity contribution < 1.29 is 87.8 Å². The third-order valence-electron chi connectivity index (χ3n) is 14.2. The molecule has 3 aromatic heterocycles. The zero-order chi connectivity index (χ0) is 54.7. The summed E-state index contributed by atoms with van der Waals surface area (Å²) in [7, 11) is 2.76. The van der Waals surface area contributed by atoms with Crippen molar-refractivity contribution in [1.82, 2.24) is 29.7 Å². The molecule has 76 heavy (non-hydrogen) atoms. The lowest BCUT2D eigenvalue weighted by Gasteiger charge is -2.18. The molecule has 2 fully saturated rings. The summed E-state index contributed by atoms with van der Waals surface area (Å²) in [5.41, 5.74) is -18.2. The van der Waals surface area contributed by atoms with Gasteiger partial charge in [-0.2, -0.15) is 0 Å². The SMILES string of the molecule is CN1C[C@@H]2c3nc(c(-c4c(F)c(F)c(F)c(F)c4F)c4ccc([nH]4)c(-c4c(F)c(F)c(F)c(F)c4F)c4ccc([nH]4)c(-c4c(F)c(F)c(F)c(F)c4F)c4nc(c3-c3c(F)c(F)c(F)c(F)c3F)[C@H]3CN(C)C[C@@H]43)[C@@H]2C1. The lowest BCUT2D eigenvalue weighted by atomic mass is 9.83. The Bertz CT molecular complexity index is 3650. The molecule has 2 N–H and O–H groups in total. The van der Waals surface area contributed by atoms with E-state index < -0.39 is 229 Å². The largest absolute Gasteiger partial charge is 0.354 e. The molecule has 0 radical (unpaired) electrons. The van der Waals surface area contributed by atoms with Crippen molar-refractivity contribution in [2.24, 2.45) is 0 Å². The van der Waals surface area contributed by atoms with Gasteiger partial charge in [0.25, 0.3) is 0 Å². The van der Waals surface area contributed by atoms with E-state index in [1.807, 2.05) is 0 Å². The summed E-state index contributed by atoms with van der Waals surface area (Å²) in [6.45, 7) is -1.47. The van der Waals surface area contributed by atoms with Gasteiger partial charge in [-0.05, 0) is 38.4 Å². The normalized spacial score (nSPS) is 18.6. The van der Waals surface area contributed by atoms with Gasteiger partial charge in [0.05, 0.1) is 45.0 Å². The van der Waals surface area contributed by atoms with Crippen LogP contribution in [0.25, 0.3) is 66.6 Å². The number of nitrogens with one attached hydrogen (secondary N) is 2. The van der Waals surface area contributed by atoms with Crippen LogP contribution < -0.4 is 0 Å². The summed E-state index contributed by atoms with van der Waals surface area (Å²) < 4.78 is 313. The monoisotopic (exact) mass is 1090 g/mol. The summed E-state index contributed by atoms with van der Waals surface area (Å²) >= 11 is 0. The second-order valence-electron chi connectivity index (χ2n) is 18.5. The molecule has 0 spiro atoms. The lowest BCUT2D eigenvalue weighted by Crippen LogP contribution is -2.17. The molecule has 2 saturated heterocycles. The van der Waals surface area contributed by atoms with E-state index in [-0.39, 0.29) is 26.2 Å². The van der Waals surface area contributed by atoms with E-state index in [1.165, 1.54) is 23.9 Å². The molecule has 4 aliphatic rings. The highest BCUT2D eigenvalue weighted by Crippen LogP contribution is 2.55.